The van der Waals surface area contributed by atoms with Crippen molar-refractivity contribution in [2.45, 2.75) is 101 Å². The Bertz CT molecular complexity index is 1800. The van der Waals surface area contributed by atoms with Crippen LogP contribution in [-0.2, 0) is 23.7 Å². The van der Waals surface area contributed by atoms with E-state index in [2.05, 4.69) is 100 Å². The van der Waals surface area contributed by atoms with E-state index in [9.17, 15) is 10.2 Å². The van der Waals surface area contributed by atoms with E-state index in [0.29, 0.717) is 23.9 Å². The zero-order chi connectivity index (χ0) is 34.4. The van der Waals surface area contributed by atoms with E-state index in [1.165, 1.54) is 46.2 Å². The lowest BCUT2D eigenvalue weighted by Gasteiger charge is -2.71. The number of aryl methyl sites for hydroxylation is 2. The van der Waals surface area contributed by atoms with Crippen molar-refractivity contribution in [2.75, 3.05) is 40.4 Å². The molecule has 2 saturated heterocycles. The second-order valence-corrected chi connectivity index (χ2v) is 18.8. The fourth-order valence-corrected chi connectivity index (χ4v) is 15.2. The molecule has 2 saturated carbocycles. The Morgan fingerprint density at radius 3 is 1.46 bits per heavy atom. The first-order chi connectivity index (χ1) is 24.0. The van der Waals surface area contributed by atoms with E-state index < -0.39 is 0 Å². The van der Waals surface area contributed by atoms with Gasteiger partial charge in [-0.2, -0.15) is 0 Å². The van der Waals surface area contributed by atoms with Crippen molar-refractivity contribution in [3.63, 3.8) is 0 Å². The topological polar surface area (TPSA) is 65.4 Å². The molecule has 0 aromatic heterocycles. The second-order valence-electron chi connectivity index (χ2n) is 18.8. The molecule has 4 aliphatic heterocycles. The summed E-state index contributed by atoms with van der Waals surface area (Å²) in [5.74, 6) is 3.19. The highest BCUT2D eigenvalue weighted by molar-refractivity contribution is 5.64. The van der Waals surface area contributed by atoms with Crippen LogP contribution in [0.5, 0.6) is 11.5 Å². The van der Waals surface area contributed by atoms with Crippen LogP contribution in [0.4, 0.5) is 0 Å². The minimum atomic E-state index is -0.234. The van der Waals surface area contributed by atoms with Gasteiger partial charge in [-0.15, -0.1) is 0 Å². The second kappa shape index (κ2) is 9.28. The third-order valence-corrected chi connectivity index (χ3v) is 17.6. The highest BCUT2D eigenvalue weighted by atomic mass is 16.5. The van der Waals surface area contributed by atoms with Crippen LogP contribution in [0, 0.1) is 47.3 Å². The van der Waals surface area contributed by atoms with Gasteiger partial charge in [0, 0.05) is 44.9 Å². The van der Waals surface area contributed by atoms with Gasteiger partial charge in [0.1, 0.15) is 23.7 Å². The number of hydrogen-bond acceptors (Lipinski definition) is 6. The van der Waals surface area contributed by atoms with Crippen molar-refractivity contribution in [1.82, 2.24) is 9.80 Å². The molecule has 8 unspecified atom stereocenters. The van der Waals surface area contributed by atoms with Crippen molar-refractivity contribution in [3.8, 4) is 11.5 Å². The molecule has 50 heavy (non-hydrogen) atoms. The number of likely N-dealkylation sites (tertiary alicyclic amines) is 2. The molecule has 6 nitrogen and oxygen atoms in total. The SMILES string of the molecule is Cc1ccc2c3c1O[C@H]1C4(CO)C=CC5(C[C@@H]4C)C(C2)N(C)CCC315.Cc1ccc2c3c1O[C@H]1C4(CO)C=CC5(C[C@H]4C)C(C2)N(C)CCC315. The van der Waals surface area contributed by atoms with E-state index in [-0.39, 0.29) is 57.9 Å². The third-order valence-electron chi connectivity index (χ3n) is 17.6. The predicted octanol–water partition coefficient (Wildman–Crippen LogP) is 5.66. The number of fused-ring (bicyclic) bond motifs is 2. The molecule has 4 fully saturated rings. The third kappa shape index (κ3) is 2.90. The van der Waals surface area contributed by atoms with Crippen LogP contribution >= 0.6 is 0 Å². The number of benzene rings is 2. The minimum Gasteiger partial charge on any atom is -0.488 e. The van der Waals surface area contributed by atoms with Gasteiger partial charge in [0.05, 0.1) is 24.0 Å². The minimum absolute atomic E-state index is 0.0586. The molecule has 4 heterocycles. The van der Waals surface area contributed by atoms with Gasteiger partial charge < -0.3 is 29.5 Å². The summed E-state index contributed by atoms with van der Waals surface area (Å²) in [6, 6.07) is 10.3. The number of aliphatic hydroxyl groups excluding tert-OH is 2. The fraction of sp³-hybridized carbons (Fsp3) is 0.636. The molecule has 6 heteroatoms. The summed E-state index contributed by atoms with van der Waals surface area (Å²) >= 11 is 0. The first kappa shape index (κ1) is 30.9. The quantitative estimate of drug-likeness (QED) is 0.402. The summed E-state index contributed by atoms with van der Waals surface area (Å²) in [6.07, 6.45) is 16.8. The zero-order valence-corrected chi connectivity index (χ0v) is 30.8. The van der Waals surface area contributed by atoms with Crippen molar-refractivity contribution < 1.29 is 19.7 Å². The molecule has 4 spiro atoms. The number of nitrogens with zero attached hydrogens (tertiary/aromatic N) is 2. The Balaban J connectivity index is 0.000000120. The van der Waals surface area contributed by atoms with Gasteiger partial charge in [-0.3, -0.25) is 0 Å². The van der Waals surface area contributed by atoms with E-state index in [1.807, 2.05) is 0 Å². The van der Waals surface area contributed by atoms with Crippen LogP contribution in [0.3, 0.4) is 0 Å². The highest BCUT2D eigenvalue weighted by Crippen LogP contribution is 2.77. The van der Waals surface area contributed by atoms with Crippen molar-refractivity contribution >= 4 is 0 Å². The lowest BCUT2D eigenvalue weighted by Crippen LogP contribution is -2.76. The van der Waals surface area contributed by atoms with Crippen molar-refractivity contribution in [2.24, 2.45) is 33.5 Å². The Morgan fingerprint density at radius 2 is 1.08 bits per heavy atom. The van der Waals surface area contributed by atoms with Gasteiger partial charge in [0.15, 0.2) is 0 Å². The van der Waals surface area contributed by atoms with E-state index in [4.69, 9.17) is 9.47 Å². The molecule has 2 aromatic carbocycles. The molecule has 2 aromatic rings. The van der Waals surface area contributed by atoms with Gasteiger partial charge in [-0.05, 0) is 114 Å². The highest BCUT2D eigenvalue weighted by Gasteiger charge is 2.79. The smallest absolute Gasteiger partial charge is 0.126 e. The molecule has 2 N–H and O–H groups in total. The standard InChI is InChI=1S/2C22H27NO2/c2*1-13-4-5-15-10-16-21-7-6-20(12-24,14(2)11-21)19-22(21,8-9-23(16)3)17(15)18(13)25-19/h2*4-7,14,16,19,24H,8-12H2,1-3H3/t14-,16?,19+,20?,21?,22?;14-,16?,19-,20?,21?,22?/m10/s1. The molecular weight excluding hydrogens is 620 g/mol. The molecule has 8 aliphatic carbocycles. The summed E-state index contributed by atoms with van der Waals surface area (Å²) in [5.41, 5.74) is 8.49. The average molecular weight is 675 g/mol. The molecule has 0 amide bonds. The largest absolute Gasteiger partial charge is 0.488 e. The lowest BCUT2D eigenvalue weighted by atomic mass is 9.35. The Labute approximate surface area is 297 Å². The van der Waals surface area contributed by atoms with Crippen LogP contribution < -0.4 is 9.47 Å². The van der Waals surface area contributed by atoms with Crippen molar-refractivity contribution in [3.05, 3.63) is 82.0 Å². The number of aliphatic hydroxyl groups is 2. The van der Waals surface area contributed by atoms with E-state index in [1.54, 1.807) is 0 Å². The summed E-state index contributed by atoms with van der Waals surface area (Å²) in [7, 11) is 4.61. The number of rotatable bonds is 2. The summed E-state index contributed by atoms with van der Waals surface area (Å²) in [4.78, 5) is 5.19. The van der Waals surface area contributed by atoms with Gasteiger partial charge >= 0.3 is 0 Å². The summed E-state index contributed by atoms with van der Waals surface area (Å²) in [5, 5.41) is 21.0. The average Bonchev–Trinajstić information content (AvgIpc) is 3.67. The van der Waals surface area contributed by atoms with Crippen LogP contribution in [0.1, 0.15) is 72.9 Å². The monoisotopic (exact) mass is 674 g/mol. The molecule has 0 radical (unpaired) electrons. The van der Waals surface area contributed by atoms with E-state index in [0.717, 1.165) is 50.3 Å². The molecular formula is C44H54N2O4. The Kier molecular flexibility index (Phi) is 5.74. The molecule has 8 bridgehead atoms. The maximum absolute atomic E-state index is 10.5. The van der Waals surface area contributed by atoms with Gasteiger partial charge in [0.25, 0.3) is 0 Å². The van der Waals surface area contributed by atoms with Crippen molar-refractivity contribution in [1.29, 1.82) is 0 Å². The summed E-state index contributed by atoms with van der Waals surface area (Å²) < 4.78 is 13.6. The van der Waals surface area contributed by atoms with Gasteiger partial charge in [-0.25, -0.2) is 0 Å². The van der Waals surface area contributed by atoms with E-state index >= 15 is 0 Å². The number of ether oxygens (including phenoxy) is 2. The van der Waals surface area contributed by atoms with Gasteiger partial charge in [0.2, 0.25) is 0 Å². The predicted molar refractivity (Wildman–Crippen MR) is 194 cm³/mol. The first-order valence-electron chi connectivity index (χ1n) is 19.6. The molecule has 14 rings (SSSR count). The van der Waals surface area contributed by atoms with Crippen LogP contribution in [0.2, 0.25) is 0 Å². The molecule has 264 valence electrons. The Hall–Kier alpha value is -2.64. The fourth-order valence-electron chi connectivity index (χ4n) is 15.2. The summed E-state index contributed by atoms with van der Waals surface area (Å²) in [6.45, 7) is 11.7. The maximum atomic E-state index is 10.5. The molecule has 12 aliphatic rings. The zero-order valence-electron chi connectivity index (χ0n) is 30.8. The number of piperidine rings is 2. The van der Waals surface area contributed by atoms with Crippen LogP contribution in [0.25, 0.3) is 0 Å². The molecule has 12 atom stereocenters. The van der Waals surface area contributed by atoms with Gasteiger partial charge in [-0.1, -0.05) is 62.4 Å². The lowest BCUT2D eigenvalue weighted by molar-refractivity contribution is -0.177. The van der Waals surface area contributed by atoms with Crippen LogP contribution in [-0.4, -0.2) is 84.7 Å². The first-order valence-corrected chi connectivity index (χ1v) is 19.6. The Morgan fingerprint density at radius 1 is 0.660 bits per heavy atom. The normalized spacial score (nSPS) is 48.4. The maximum Gasteiger partial charge on any atom is 0.126 e. The van der Waals surface area contributed by atoms with Crippen LogP contribution in [0.15, 0.2) is 48.6 Å². The number of likely N-dealkylation sites (N-methyl/N-ethyl adjacent to an activating group) is 2. The number of hydrogen-bond donors (Lipinski definition) is 2.